The van der Waals surface area contributed by atoms with Gasteiger partial charge in [0.2, 0.25) is 5.91 Å². The number of anilines is 2. The molecule has 0 spiro atoms. The van der Waals surface area contributed by atoms with E-state index >= 15 is 0 Å². The highest BCUT2D eigenvalue weighted by atomic mass is 16.2. The van der Waals surface area contributed by atoms with Gasteiger partial charge in [0.15, 0.2) is 0 Å². The van der Waals surface area contributed by atoms with E-state index in [1.165, 1.54) is 4.90 Å². The number of fused-ring (bicyclic) bond motifs is 1. The molecule has 1 aliphatic heterocycles. The Bertz CT molecular complexity index is 813. The summed E-state index contributed by atoms with van der Waals surface area (Å²) in [6, 6.07) is 13.3. The summed E-state index contributed by atoms with van der Waals surface area (Å²) in [7, 11) is 0. The molecule has 0 saturated carbocycles. The number of ketones is 1. The van der Waals surface area contributed by atoms with Gasteiger partial charge in [-0.15, -0.1) is 0 Å². The van der Waals surface area contributed by atoms with Gasteiger partial charge >= 0.3 is 0 Å². The van der Waals surface area contributed by atoms with E-state index in [1.807, 2.05) is 25.1 Å². The van der Waals surface area contributed by atoms with E-state index in [1.54, 1.807) is 37.3 Å². The number of rotatable bonds is 3. The zero-order chi connectivity index (χ0) is 16.6. The molecule has 0 aromatic heterocycles. The number of aryl methyl sites for hydroxylation is 1. The number of carbonyl (C=O) groups is 3. The van der Waals surface area contributed by atoms with Crippen molar-refractivity contribution in [3.05, 3.63) is 59.7 Å². The molecule has 0 saturated heterocycles. The molecule has 0 fully saturated rings. The minimum Gasteiger partial charge on any atom is -0.324 e. The number of hydrogen-bond acceptors (Lipinski definition) is 3. The molecule has 1 aliphatic rings. The van der Waals surface area contributed by atoms with Gasteiger partial charge in [-0.25, -0.2) is 0 Å². The van der Waals surface area contributed by atoms with Gasteiger partial charge in [0.25, 0.3) is 11.7 Å². The Balaban J connectivity index is 1.87. The Morgan fingerprint density at radius 3 is 2.43 bits per heavy atom. The molecule has 1 atom stereocenters. The van der Waals surface area contributed by atoms with Gasteiger partial charge in [0.1, 0.15) is 6.04 Å². The average molecular weight is 308 g/mol. The molecule has 2 aromatic rings. The summed E-state index contributed by atoms with van der Waals surface area (Å²) < 4.78 is 0. The number of amides is 2. The summed E-state index contributed by atoms with van der Waals surface area (Å²) in [5.41, 5.74) is 2.44. The molecular weight excluding hydrogens is 292 g/mol. The zero-order valence-electron chi connectivity index (χ0n) is 12.9. The van der Waals surface area contributed by atoms with Crippen LogP contribution in [0, 0.1) is 6.92 Å². The molecule has 2 amide bonds. The summed E-state index contributed by atoms with van der Waals surface area (Å²) in [6.45, 7) is 3.50. The van der Waals surface area contributed by atoms with E-state index in [2.05, 4.69) is 5.32 Å². The first-order valence-corrected chi connectivity index (χ1v) is 7.34. The maximum absolute atomic E-state index is 12.5. The Morgan fingerprint density at radius 1 is 1.04 bits per heavy atom. The van der Waals surface area contributed by atoms with Crippen LogP contribution in [0.2, 0.25) is 0 Å². The quantitative estimate of drug-likeness (QED) is 0.886. The highest BCUT2D eigenvalue weighted by Gasteiger charge is 2.40. The smallest absolute Gasteiger partial charge is 0.300 e. The van der Waals surface area contributed by atoms with Crippen molar-refractivity contribution in [1.29, 1.82) is 0 Å². The van der Waals surface area contributed by atoms with Crippen molar-refractivity contribution in [2.24, 2.45) is 0 Å². The number of Topliss-reactive ketones (excluding diaryl/α,β-unsaturated/α-hetero) is 1. The van der Waals surface area contributed by atoms with Gasteiger partial charge in [-0.1, -0.05) is 30.3 Å². The number of nitrogens with zero attached hydrogens (tertiary/aromatic N) is 1. The number of carbonyl (C=O) groups excluding carboxylic acids is 3. The van der Waals surface area contributed by atoms with Crippen molar-refractivity contribution < 1.29 is 14.4 Å². The highest BCUT2D eigenvalue weighted by Crippen LogP contribution is 2.30. The van der Waals surface area contributed by atoms with Crippen molar-refractivity contribution in [3.8, 4) is 0 Å². The SMILES string of the molecule is Cc1ccccc1NC(=O)C(C)N1C(=O)C(=O)c2ccccc21. The fourth-order valence-electron chi connectivity index (χ4n) is 2.66. The van der Waals surface area contributed by atoms with Crippen LogP contribution in [0.4, 0.5) is 11.4 Å². The third-order valence-corrected chi connectivity index (χ3v) is 3.99. The largest absolute Gasteiger partial charge is 0.324 e. The number of para-hydroxylation sites is 2. The van der Waals surface area contributed by atoms with Crippen LogP contribution in [0.3, 0.4) is 0 Å². The van der Waals surface area contributed by atoms with Gasteiger partial charge in [0.05, 0.1) is 11.3 Å². The van der Waals surface area contributed by atoms with Crippen molar-refractivity contribution in [3.63, 3.8) is 0 Å². The lowest BCUT2D eigenvalue weighted by Crippen LogP contribution is -2.45. The molecule has 5 heteroatoms. The van der Waals surface area contributed by atoms with E-state index in [-0.39, 0.29) is 5.91 Å². The van der Waals surface area contributed by atoms with E-state index in [4.69, 9.17) is 0 Å². The summed E-state index contributed by atoms with van der Waals surface area (Å²) >= 11 is 0. The average Bonchev–Trinajstić information content (AvgIpc) is 2.81. The van der Waals surface area contributed by atoms with E-state index < -0.39 is 17.7 Å². The molecule has 2 aromatic carbocycles. The number of hydrogen-bond donors (Lipinski definition) is 1. The van der Waals surface area contributed by atoms with Crippen LogP contribution < -0.4 is 10.2 Å². The fraction of sp³-hybridized carbons (Fsp3) is 0.167. The molecule has 1 unspecified atom stereocenters. The first kappa shape index (κ1) is 15.0. The monoisotopic (exact) mass is 308 g/mol. The summed E-state index contributed by atoms with van der Waals surface area (Å²) in [4.78, 5) is 38.0. The Hall–Kier alpha value is -2.95. The summed E-state index contributed by atoms with van der Waals surface area (Å²) in [6.07, 6.45) is 0. The normalized spacial score (nSPS) is 14.6. The lowest BCUT2D eigenvalue weighted by atomic mass is 10.1. The molecule has 1 heterocycles. The van der Waals surface area contributed by atoms with Gasteiger partial charge in [-0.2, -0.15) is 0 Å². The Kier molecular flexibility index (Phi) is 3.70. The predicted molar refractivity (Wildman–Crippen MR) is 87.5 cm³/mol. The van der Waals surface area contributed by atoms with Crippen LogP contribution in [0.5, 0.6) is 0 Å². The number of nitrogens with one attached hydrogen (secondary N) is 1. The molecule has 1 N–H and O–H groups in total. The van der Waals surface area contributed by atoms with Crippen LogP contribution in [-0.4, -0.2) is 23.6 Å². The topological polar surface area (TPSA) is 66.5 Å². The van der Waals surface area contributed by atoms with Crippen molar-refractivity contribution in [2.75, 3.05) is 10.2 Å². The van der Waals surface area contributed by atoms with Crippen molar-refractivity contribution in [1.82, 2.24) is 0 Å². The van der Waals surface area contributed by atoms with Gasteiger partial charge in [0, 0.05) is 5.69 Å². The molecule has 0 radical (unpaired) electrons. The maximum atomic E-state index is 12.5. The van der Waals surface area contributed by atoms with Gasteiger partial charge in [-0.05, 0) is 37.6 Å². The molecular formula is C18H16N2O3. The zero-order valence-corrected chi connectivity index (χ0v) is 12.9. The maximum Gasteiger partial charge on any atom is 0.300 e. The third kappa shape index (κ3) is 2.50. The second kappa shape index (κ2) is 5.68. The molecule has 0 aliphatic carbocycles. The molecule has 5 nitrogen and oxygen atoms in total. The fourth-order valence-corrected chi connectivity index (χ4v) is 2.66. The molecule has 0 bridgehead atoms. The second-order valence-electron chi connectivity index (χ2n) is 5.50. The Labute approximate surface area is 133 Å². The van der Waals surface area contributed by atoms with E-state index in [9.17, 15) is 14.4 Å². The van der Waals surface area contributed by atoms with Crippen LogP contribution >= 0.6 is 0 Å². The molecule has 3 rings (SSSR count). The minimum atomic E-state index is -0.783. The summed E-state index contributed by atoms with van der Waals surface area (Å²) in [5, 5.41) is 2.81. The first-order valence-electron chi connectivity index (χ1n) is 7.34. The number of benzene rings is 2. The lowest BCUT2D eigenvalue weighted by Gasteiger charge is -2.24. The van der Waals surface area contributed by atoms with Gasteiger partial charge in [-0.3, -0.25) is 19.3 Å². The van der Waals surface area contributed by atoms with Crippen molar-refractivity contribution in [2.45, 2.75) is 19.9 Å². The minimum absolute atomic E-state index is 0.336. The standard InChI is InChI=1S/C18H16N2O3/c1-11-7-3-5-9-14(11)19-17(22)12(2)20-15-10-6-4-8-13(15)16(21)18(20)23/h3-10,12H,1-2H3,(H,19,22). The highest BCUT2D eigenvalue weighted by molar-refractivity contribution is 6.52. The Morgan fingerprint density at radius 2 is 1.70 bits per heavy atom. The second-order valence-corrected chi connectivity index (χ2v) is 5.50. The van der Waals surface area contributed by atoms with Gasteiger partial charge < -0.3 is 5.32 Å². The van der Waals surface area contributed by atoms with Crippen LogP contribution in [-0.2, 0) is 9.59 Å². The predicted octanol–water partition coefficient (Wildman–Crippen LogP) is 2.55. The first-order chi connectivity index (χ1) is 11.0. The molecule has 116 valence electrons. The van der Waals surface area contributed by atoms with Crippen LogP contribution in [0.1, 0.15) is 22.8 Å². The van der Waals surface area contributed by atoms with Crippen LogP contribution in [0.25, 0.3) is 0 Å². The summed E-state index contributed by atoms with van der Waals surface area (Å²) in [5.74, 6) is -1.58. The van der Waals surface area contributed by atoms with E-state index in [0.29, 0.717) is 16.9 Å². The molecule has 23 heavy (non-hydrogen) atoms. The lowest BCUT2D eigenvalue weighted by molar-refractivity contribution is -0.120. The third-order valence-electron chi connectivity index (χ3n) is 3.99. The van der Waals surface area contributed by atoms with E-state index in [0.717, 1.165) is 5.56 Å². The van der Waals surface area contributed by atoms with Crippen LogP contribution in [0.15, 0.2) is 48.5 Å². The van der Waals surface area contributed by atoms with Crippen molar-refractivity contribution >= 4 is 29.0 Å².